The molecule has 1 aliphatic carbocycles. The van der Waals surface area contributed by atoms with Crippen LogP contribution in [0.3, 0.4) is 0 Å². The lowest BCUT2D eigenvalue weighted by atomic mass is 9.89. The van der Waals surface area contributed by atoms with E-state index in [9.17, 15) is 14.4 Å². The van der Waals surface area contributed by atoms with Crippen LogP contribution in [0.5, 0.6) is 0 Å². The van der Waals surface area contributed by atoms with E-state index in [4.69, 9.17) is 0 Å². The van der Waals surface area contributed by atoms with Gasteiger partial charge in [-0.2, -0.15) is 5.10 Å². The summed E-state index contributed by atoms with van der Waals surface area (Å²) in [6.45, 7) is 6.47. The summed E-state index contributed by atoms with van der Waals surface area (Å²) in [7, 11) is 1.89. The molecule has 3 amide bonds. The number of nitrogens with one attached hydrogen (secondary N) is 1. The molecule has 0 saturated heterocycles. The highest BCUT2D eigenvalue weighted by Crippen LogP contribution is 2.28. The number of pyridine rings is 1. The Kier molecular flexibility index (Phi) is 8.38. The van der Waals surface area contributed by atoms with E-state index in [1.54, 1.807) is 29.4 Å². The predicted octanol–water partition coefficient (Wildman–Crippen LogP) is 2.60. The van der Waals surface area contributed by atoms with Gasteiger partial charge in [0.05, 0.1) is 5.56 Å². The van der Waals surface area contributed by atoms with Crippen LogP contribution in [0.2, 0.25) is 0 Å². The number of carbonyl (C=O) groups excluding carboxylic acids is 3. The molecule has 36 heavy (non-hydrogen) atoms. The van der Waals surface area contributed by atoms with Gasteiger partial charge in [0.2, 0.25) is 5.91 Å². The van der Waals surface area contributed by atoms with Gasteiger partial charge in [-0.3, -0.25) is 24.0 Å². The van der Waals surface area contributed by atoms with Gasteiger partial charge >= 0.3 is 0 Å². The Morgan fingerprint density at radius 3 is 2.75 bits per heavy atom. The normalized spacial score (nSPS) is 19.6. The number of aryl methyl sites for hydroxylation is 1. The number of nitrogens with zero attached hydrogens (tertiary/aromatic N) is 5. The molecule has 9 nitrogen and oxygen atoms in total. The van der Waals surface area contributed by atoms with E-state index in [1.165, 1.54) is 0 Å². The third-order valence-electron chi connectivity index (χ3n) is 7.26. The highest BCUT2D eigenvalue weighted by Gasteiger charge is 2.33. The number of carbonyl (C=O) groups is 3. The second kappa shape index (κ2) is 11.7. The second-order valence-corrected chi connectivity index (χ2v) is 10.3. The van der Waals surface area contributed by atoms with Crippen molar-refractivity contribution in [1.29, 1.82) is 0 Å². The first-order valence-corrected chi connectivity index (χ1v) is 13.2. The summed E-state index contributed by atoms with van der Waals surface area (Å²) in [5.41, 5.74) is 3.05. The monoisotopic (exact) mass is 494 g/mol. The van der Waals surface area contributed by atoms with Crippen molar-refractivity contribution in [2.24, 2.45) is 13.0 Å². The zero-order chi connectivity index (χ0) is 25.7. The summed E-state index contributed by atoms with van der Waals surface area (Å²) in [4.78, 5) is 47.6. The van der Waals surface area contributed by atoms with E-state index in [0.29, 0.717) is 69.0 Å². The lowest BCUT2D eigenvalue weighted by molar-refractivity contribution is -0.134. The van der Waals surface area contributed by atoms with Crippen molar-refractivity contribution in [3.8, 4) is 0 Å². The lowest BCUT2D eigenvalue weighted by Crippen LogP contribution is -2.45. The maximum absolute atomic E-state index is 13.5. The van der Waals surface area contributed by atoms with Gasteiger partial charge in [0, 0.05) is 69.3 Å². The summed E-state index contributed by atoms with van der Waals surface area (Å²) in [6, 6.07) is 3.56. The zero-order valence-electron chi connectivity index (χ0n) is 21.7. The van der Waals surface area contributed by atoms with Gasteiger partial charge in [-0.25, -0.2) is 0 Å². The molecule has 2 aromatic heterocycles. The van der Waals surface area contributed by atoms with Crippen LogP contribution in [0, 0.1) is 5.92 Å². The Labute approximate surface area is 213 Å². The average Bonchev–Trinajstić information content (AvgIpc) is 3.20. The van der Waals surface area contributed by atoms with Crippen molar-refractivity contribution in [1.82, 2.24) is 29.9 Å². The molecule has 0 saturated carbocycles. The summed E-state index contributed by atoms with van der Waals surface area (Å²) in [5.74, 6) is 0.325. The number of fused-ring (bicyclic) bond motifs is 1. The van der Waals surface area contributed by atoms with Crippen LogP contribution in [-0.4, -0.2) is 74.5 Å². The summed E-state index contributed by atoms with van der Waals surface area (Å²) in [5, 5.41) is 7.55. The van der Waals surface area contributed by atoms with Gasteiger partial charge in [0.1, 0.15) is 0 Å². The van der Waals surface area contributed by atoms with Crippen molar-refractivity contribution in [3.63, 3.8) is 0 Å². The van der Waals surface area contributed by atoms with Gasteiger partial charge in [-0.05, 0) is 56.6 Å². The molecule has 9 heteroatoms. The van der Waals surface area contributed by atoms with Gasteiger partial charge in [-0.15, -0.1) is 0 Å². The fourth-order valence-electron chi connectivity index (χ4n) is 5.23. The molecule has 1 N–H and O–H groups in total. The number of amides is 3. The minimum Gasteiger partial charge on any atom is -0.351 e. The largest absolute Gasteiger partial charge is 0.351 e. The van der Waals surface area contributed by atoms with E-state index in [2.05, 4.69) is 29.2 Å². The number of hydrogen-bond acceptors (Lipinski definition) is 5. The molecule has 194 valence electrons. The molecule has 4 rings (SSSR count). The van der Waals surface area contributed by atoms with E-state index >= 15 is 0 Å². The minimum absolute atomic E-state index is 0.0535. The third-order valence-corrected chi connectivity index (χ3v) is 7.26. The first kappa shape index (κ1) is 25.9. The zero-order valence-corrected chi connectivity index (χ0v) is 21.7. The molecular formula is C27H38N6O3. The Morgan fingerprint density at radius 2 is 2.00 bits per heavy atom. The van der Waals surface area contributed by atoms with E-state index in [-0.39, 0.29) is 23.8 Å². The third kappa shape index (κ3) is 5.94. The van der Waals surface area contributed by atoms with Crippen molar-refractivity contribution < 1.29 is 14.4 Å². The summed E-state index contributed by atoms with van der Waals surface area (Å²) >= 11 is 0. The predicted molar refractivity (Wildman–Crippen MR) is 137 cm³/mol. The van der Waals surface area contributed by atoms with E-state index in [0.717, 1.165) is 30.5 Å². The Balaban J connectivity index is 1.59. The summed E-state index contributed by atoms with van der Waals surface area (Å²) < 4.78 is 1.82. The van der Waals surface area contributed by atoms with Crippen LogP contribution >= 0.6 is 0 Å². The quantitative estimate of drug-likeness (QED) is 0.704. The maximum atomic E-state index is 13.5. The SMILES string of the molecule is CC(C)CCN1C(=O)CCCN(C(=O)c2cccnc2)CCCNC(=O)c2nn(C)c3c2CC1CC3. The molecule has 3 heterocycles. The smallest absolute Gasteiger partial charge is 0.272 e. The van der Waals surface area contributed by atoms with Crippen LogP contribution in [-0.2, 0) is 24.7 Å². The van der Waals surface area contributed by atoms with Gasteiger partial charge < -0.3 is 15.1 Å². The van der Waals surface area contributed by atoms with Crippen LogP contribution in [0.4, 0.5) is 0 Å². The van der Waals surface area contributed by atoms with Crippen molar-refractivity contribution >= 4 is 17.7 Å². The molecule has 0 radical (unpaired) electrons. The average molecular weight is 495 g/mol. The molecule has 0 aromatic carbocycles. The molecule has 2 aliphatic rings. The van der Waals surface area contributed by atoms with Crippen LogP contribution in [0.1, 0.15) is 78.1 Å². The maximum Gasteiger partial charge on any atom is 0.272 e. The number of aromatic nitrogens is 3. The van der Waals surface area contributed by atoms with Gasteiger partial charge in [0.25, 0.3) is 11.8 Å². The molecule has 1 unspecified atom stereocenters. The molecule has 2 aromatic rings. The molecule has 1 aliphatic heterocycles. The second-order valence-electron chi connectivity index (χ2n) is 10.3. The van der Waals surface area contributed by atoms with Crippen LogP contribution in [0.15, 0.2) is 24.5 Å². The van der Waals surface area contributed by atoms with Crippen LogP contribution < -0.4 is 5.32 Å². The molecule has 0 fully saturated rings. The first-order valence-electron chi connectivity index (χ1n) is 13.2. The fraction of sp³-hybridized carbons (Fsp3) is 0.593. The van der Waals surface area contributed by atoms with Crippen molar-refractivity contribution in [2.45, 2.75) is 64.8 Å². The lowest BCUT2D eigenvalue weighted by Gasteiger charge is -2.35. The number of hydrogen-bond donors (Lipinski definition) is 1. The van der Waals surface area contributed by atoms with E-state index in [1.807, 2.05) is 16.6 Å². The minimum atomic E-state index is -0.187. The topological polar surface area (TPSA) is 100 Å². The van der Waals surface area contributed by atoms with Gasteiger partial charge in [0.15, 0.2) is 5.69 Å². The first-order chi connectivity index (χ1) is 17.3. The van der Waals surface area contributed by atoms with E-state index < -0.39 is 0 Å². The Bertz CT molecular complexity index is 1080. The molecular weight excluding hydrogens is 456 g/mol. The Morgan fingerprint density at radius 1 is 1.19 bits per heavy atom. The molecule has 0 spiro atoms. The highest BCUT2D eigenvalue weighted by molar-refractivity contribution is 5.94. The summed E-state index contributed by atoms with van der Waals surface area (Å²) in [6.07, 6.45) is 8.08. The Hall–Kier alpha value is -3.23. The van der Waals surface area contributed by atoms with Crippen LogP contribution in [0.25, 0.3) is 0 Å². The van der Waals surface area contributed by atoms with Crippen molar-refractivity contribution in [2.75, 3.05) is 26.2 Å². The van der Waals surface area contributed by atoms with Crippen molar-refractivity contribution in [3.05, 3.63) is 47.0 Å². The highest BCUT2D eigenvalue weighted by atomic mass is 16.2. The fourth-order valence-corrected chi connectivity index (χ4v) is 5.23. The standard InChI is InChI=1S/C27H38N6O3/c1-19(2)11-16-33-21-9-10-23-22(17-21)25(30-31(23)3)26(35)29-13-6-15-32(14-5-8-24(33)34)27(36)20-7-4-12-28-18-20/h4,7,12,18-19,21H,5-6,8-11,13-17H2,1-3H3,(H,29,35). The number of rotatable bonds is 4. The molecule has 1 atom stereocenters. The van der Waals surface area contributed by atoms with Gasteiger partial charge in [-0.1, -0.05) is 13.8 Å². The molecule has 2 bridgehead atoms.